The fraction of sp³-hybridized carbons (Fsp3) is 0.933. The first-order chi connectivity index (χ1) is 10.3. The number of fused-ring (bicyclic) bond motifs is 1. The van der Waals surface area contributed by atoms with Gasteiger partial charge in [0.1, 0.15) is 6.54 Å². The van der Waals surface area contributed by atoms with Gasteiger partial charge < -0.3 is 9.64 Å². The zero-order chi connectivity index (χ0) is 16.3. The zero-order valence-electron chi connectivity index (χ0n) is 13.2. The lowest BCUT2D eigenvalue weighted by Crippen LogP contribution is -2.56. The maximum Gasteiger partial charge on any atom is 0.406 e. The van der Waals surface area contributed by atoms with Gasteiger partial charge in [-0.25, -0.2) is 0 Å². The number of carbonyl (C=O) groups excluding carboxylic acids is 1. The Bertz CT molecular complexity index is 385. The highest BCUT2D eigenvalue weighted by atomic mass is 19.4. The third-order valence-electron chi connectivity index (χ3n) is 4.48. The number of ether oxygens (including phenoxy) is 1. The van der Waals surface area contributed by atoms with E-state index in [1.165, 1.54) is 0 Å². The van der Waals surface area contributed by atoms with Gasteiger partial charge >= 0.3 is 6.18 Å². The molecule has 0 radical (unpaired) electrons. The Labute approximate surface area is 129 Å². The lowest BCUT2D eigenvalue weighted by atomic mass is 9.90. The average molecular weight is 322 g/mol. The molecule has 0 aromatic carbocycles. The van der Waals surface area contributed by atoms with Crippen LogP contribution in [0.5, 0.6) is 0 Å². The third kappa shape index (κ3) is 4.59. The molecule has 128 valence electrons. The van der Waals surface area contributed by atoms with E-state index < -0.39 is 24.7 Å². The van der Waals surface area contributed by atoms with E-state index in [2.05, 4.69) is 0 Å². The summed E-state index contributed by atoms with van der Waals surface area (Å²) in [7, 11) is 0. The summed E-state index contributed by atoms with van der Waals surface area (Å²) < 4.78 is 43.7. The van der Waals surface area contributed by atoms with Crippen LogP contribution in [-0.2, 0) is 9.53 Å². The predicted octanol–water partition coefficient (Wildman–Crippen LogP) is 2.43. The molecule has 1 aliphatic heterocycles. The molecule has 0 spiro atoms. The normalized spacial score (nSPS) is 26.8. The minimum Gasteiger partial charge on any atom is -0.375 e. The van der Waals surface area contributed by atoms with E-state index in [4.69, 9.17) is 4.74 Å². The van der Waals surface area contributed by atoms with Gasteiger partial charge in [-0.05, 0) is 26.7 Å². The number of amides is 1. The molecule has 2 fully saturated rings. The van der Waals surface area contributed by atoms with Gasteiger partial charge in [0.15, 0.2) is 0 Å². The van der Waals surface area contributed by atoms with Gasteiger partial charge in [-0.3, -0.25) is 9.69 Å². The molecule has 4 nitrogen and oxygen atoms in total. The summed E-state index contributed by atoms with van der Waals surface area (Å²) in [6.07, 6.45) is -0.0884. The van der Waals surface area contributed by atoms with Crippen LogP contribution in [-0.4, -0.2) is 66.3 Å². The molecule has 2 aliphatic rings. The maximum absolute atomic E-state index is 12.6. The third-order valence-corrected chi connectivity index (χ3v) is 4.48. The molecule has 0 N–H and O–H groups in total. The van der Waals surface area contributed by atoms with E-state index in [1.54, 1.807) is 13.8 Å². The van der Waals surface area contributed by atoms with Gasteiger partial charge in [-0.1, -0.05) is 12.8 Å². The van der Waals surface area contributed by atoms with Crippen molar-refractivity contribution in [2.45, 2.75) is 63.9 Å². The summed E-state index contributed by atoms with van der Waals surface area (Å²) in [6, 6.07) is -0.288. The molecule has 2 atom stereocenters. The standard InChI is InChI=1S/C15H25F3N2O2/c1-11(2)20(10-15(16,17)18)14(21)9-19-7-8-22-13-6-4-3-5-12(13)19/h11-13H,3-10H2,1-2H3. The molecule has 22 heavy (non-hydrogen) atoms. The van der Waals surface area contributed by atoms with Gasteiger partial charge in [0, 0.05) is 18.6 Å². The number of rotatable bonds is 4. The van der Waals surface area contributed by atoms with Crippen LogP contribution in [0, 0.1) is 0 Å². The van der Waals surface area contributed by atoms with Gasteiger partial charge in [0.25, 0.3) is 0 Å². The number of alkyl halides is 3. The van der Waals surface area contributed by atoms with Gasteiger partial charge in [-0.2, -0.15) is 13.2 Å². The van der Waals surface area contributed by atoms with Crippen molar-refractivity contribution < 1.29 is 22.7 Å². The molecule has 1 heterocycles. The summed E-state index contributed by atoms with van der Waals surface area (Å²) in [4.78, 5) is 15.3. The Kier molecular flexibility index (Phi) is 5.71. The van der Waals surface area contributed by atoms with Crippen molar-refractivity contribution in [3.63, 3.8) is 0 Å². The second-order valence-electron chi connectivity index (χ2n) is 6.46. The highest BCUT2D eigenvalue weighted by Gasteiger charge is 2.38. The zero-order valence-corrected chi connectivity index (χ0v) is 13.2. The van der Waals surface area contributed by atoms with E-state index in [1.807, 2.05) is 4.90 Å². The van der Waals surface area contributed by atoms with Crippen molar-refractivity contribution in [3.8, 4) is 0 Å². The summed E-state index contributed by atoms with van der Waals surface area (Å²) in [5, 5.41) is 0. The monoisotopic (exact) mass is 322 g/mol. The molecule has 7 heteroatoms. The van der Waals surface area contributed by atoms with Crippen LogP contribution in [0.2, 0.25) is 0 Å². The van der Waals surface area contributed by atoms with E-state index in [0.29, 0.717) is 13.2 Å². The second kappa shape index (κ2) is 7.17. The molecule has 1 saturated carbocycles. The molecule has 1 saturated heterocycles. The quantitative estimate of drug-likeness (QED) is 0.797. The van der Waals surface area contributed by atoms with Crippen molar-refractivity contribution in [2.24, 2.45) is 0 Å². The van der Waals surface area contributed by atoms with Crippen LogP contribution < -0.4 is 0 Å². The van der Waals surface area contributed by atoms with Gasteiger partial charge in [0.2, 0.25) is 5.91 Å². The lowest BCUT2D eigenvalue weighted by molar-refractivity contribution is -0.167. The van der Waals surface area contributed by atoms with Crippen LogP contribution in [0.15, 0.2) is 0 Å². The highest BCUT2D eigenvalue weighted by Crippen LogP contribution is 2.28. The Hall–Kier alpha value is -0.820. The van der Waals surface area contributed by atoms with E-state index in [9.17, 15) is 18.0 Å². The van der Waals surface area contributed by atoms with Gasteiger partial charge in [0.05, 0.1) is 19.3 Å². The minimum absolute atomic E-state index is 0.0544. The minimum atomic E-state index is -4.36. The van der Waals surface area contributed by atoms with E-state index >= 15 is 0 Å². The van der Waals surface area contributed by atoms with Crippen molar-refractivity contribution in [3.05, 3.63) is 0 Å². The number of nitrogens with zero attached hydrogens (tertiary/aromatic N) is 2. The van der Waals surface area contributed by atoms with Crippen LogP contribution >= 0.6 is 0 Å². The molecule has 0 aromatic heterocycles. The SMILES string of the molecule is CC(C)N(CC(F)(F)F)C(=O)CN1CCOC2CCCCC21. The predicted molar refractivity (Wildman–Crippen MR) is 76.5 cm³/mol. The van der Waals surface area contributed by atoms with Crippen LogP contribution in [0.1, 0.15) is 39.5 Å². The largest absolute Gasteiger partial charge is 0.406 e. The maximum atomic E-state index is 12.6. The Morgan fingerprint density at radius 1 is 1.32 bits per heavy atom. The van der Waals surface area contributed by atoms with Crippen molar-refractivity contribution in [2.75, 3.05) is 26.2 Å². The molecule has 2 unspecified atom stereocenters. The summed E-state index contributed by atoms with van der Waals surface area (Å²) >= 11 is 0. The van der Waals surface area contributed by atoms with Crippen molar-refractivity contribution in [1.29, 1.82) is 0 Å². The van der Waals surface area contributed by atoms with Crippen molar-refractivity contribution in [1.82, 2.24) is 9.80 Å². The van der Waals surface area contributed by atoms with E-state index in [0.717, 1.165) is 30.6 Å². The Morgan fingerprint density at radius 2 is 2.00 bits per heavy atom. The topological polar surface area (TPSA) is 32.8 Å². The first kappa shape index (κ1) is 17.5. The van der Waals surface area contributed by atoms with Gasteiger partial charge in [-0.15, -0.1) is 0 Å². The number of morpholine rings is 1. The summed E-state index contributed by atoms with van der Waals surface area (Å²) in [6.45, 7) is 3.28. The lowest BCUT2D eigenvalue weighted by Gasteiger charge is -2.44. The molecule has 0 bridgehead atoms. The summed E-state index contributed by atoms with van der Waals surface area (Å²) in [5.41, 5.74) is 0. The summed E-state index contributed by atoms with van der Waals surface area (Å²) in [5.74, 6) is -0.446. The number of hydrogen-bond acceptors (Lipinski definition) is 3. The fourth-order valence-corrected chi connectivity index (χ4v) is 3.39. The van der Waals surface area contributed by atoms with Crippen LogP contribution in [0.3, 0.4) is 0 Å². The number of halogens is 3. The first-order valence-corrected chi connectivity index (χ1v) is 8.00. The van der Waals surface area contributed by atoms with Crippen molar-refractivity contribution >= 4 is 5.91 Å². The smallest absolute Gasteiger partial charge is 0.375 e. The average Bonchev–Trinajstić information content (AvgIpc) is 2.44. The molecule has 1 aliphatic carbocycles. The number of hydrogen-bond donors (Lipinski definition) is 0. The number of carbonyl (C=O) groups is 1. The Balaban J connectivity index is 1.99. The molecule has 1 amide bonds. The first-order valence-electron chi connectivity index (χ1n) is 8.00. The van der Waals surface area contributed by atoms with E-state index in [-0.39, 0.29) is 18.7 Å². The molecule has 2 rings (SSSR count). The Morgan fingerprint density at radius 3 is 2.64 bits per heavy atom. The fourth-order valence-electron chi connectivity index (χ4n) is 3.39. The van der Waals surface area contributed by atoms with Crippen LogP contribution in [0.4, 0.5) is 13.2 Å². The second-order valence-corrected chi connectivity index (χ2v) is 6.46. The molecular formula is C15H25F3N2O2. The highest BCUT2D eigenvalue weighted by molar-refractivity contribution is 5.78. The van der Waals surface area contributed by atoms with Crippen LogP contribution in [0.25, 0.3) is 0 Å². The molecule has 0 aromatic rings. The molecular weight excluding hydrogens is 297 g/mol.